The van der Waals surface area contributed by atoms with Crippen LogP contribution in [0.4, 0.5) is 18.9 Å². The largest absolute Gasteiger partial charge is 0.573 e. The summed E-state index contributed by atoms with van der Waals surface area (Å²) < 4.78 is 46.6. The number of fused-ring (bicyclic) bond motifs is 1. The van der Waals surface area contributed by atoms with Gasteiger partial charge in [-0.1, -0.05) is 12.1 Å². The predicted molar refractivity (Wildman–Crippen MR) is 95.2 cm³/mol. The van der Waals surface area contributed by atoms with Crippen molar-refractivity contribution in [2.24, 2.45) is 0 Å². The number of benzene rings is 2. The molecule has 7 heteroatoms. The maximum absolute atomic E-state index is 12.4. The lowest BCUT2D eigenvalue weighted by molar-refractivity contribution is -0.274. The summed E-state index contributed by atoms with van der Waals surface area (Å²) in [6.45, 7) is 1.15. The van der Waals surface area contributed by atoms with Crippen LogP contribution in [0.1, 0.15) is 29.9 Å². The molecular formula is C20H20F3NO3. The number of carbonyl (C=O) groups is 1. The molecule has 1 atom stereocenters. The molecule has 0 N–H and O–H groups in total. The molecule has 0 bridgehead atoms. The van der Waals surface area contributed by atoms with Crippen LogP contribution in [0.25, 0.3) is 0 Å². The van der Waals surface area contributed by atoms with E-state index in [1.165, 1.54) is 12.1 Å². The quantitative estimate of drug-likeness (QED) is 0.655. The number of rotatable bonds is 7. The fraction of sp³-hybridized carbons (Fsp3) is 0.350. The van der Waals surface area contributed by atoms with Crippen molar-refractivity contribution in [1.29, 1.82) is 0 Å². The Kier molecular flexibility index (Phi) is 5.58. The summed E-state index contributed by atoms with van der Waals surface area (Å²) in [5, 5.41) is 0. The number of ether oxygens (including phenoxy) is 2. The van der Waals surface area contributed by atoms with Crippen molar-refractivity contribution in [2.45, 2.75) is 31.7 Å². The van der Waals surface area contributed by atoms with E-state index in [9.17, 15) is 18.0 Å². The van der Waals surface area contributed by atoms with Gasteiger partial charge in [0.25, 0.3) is 0 Å². The monoisotopic (exact) mass is 379 g/mol. The van der Waals surface area contributed by atoms with Crippen LogP contribution in [0.15, 0.2) is 42.5 Å². The normalized spacial score (nSPS) is 16.1. The third-order valence-electron chi connectivity index (χ3n) is 4.59. The average Bonchev–Trinajstić information content (AvgIpc) is 2.95. The summed E-state index contributed by atoms with van der Waals surface area (Å²) in [5.74, 6) is 0.689. The molecule has 0 amide bonds. The Morgan fingerprint density at radius 2 is 2.00 bits per heavy atom. The second-order valence-electron chi connectivity index (χ2n) is 6.44. The van der Waals surface area contributed by atoms with E-state index in [1.54, 1.807) is 19.2 Å². The van der Waals surface area contributed by atoms with Crippen LogP contribution in [-0.4, -0.2) is 26.3 Å². The molecule has 1 aliphatic rings. The first-order valence-corrected chi connectivity index (χ1v) is 8.61. The van der Waals surface area contributed by atoms with Crippen molar-refractivity contribution in [3.63, 3.8) is 0 Å². The molecule has 1 aliphatic heterocycles. The molecule has 1 unspecified atom stereocenters. The summed E-state index contributed by atoms with van der Waals surface area (Å²) in [6.07, 6.45) is -2.63. The highest BCUT2D eigenvalue weighted by Gasteiger charge is 2.32. The van der Waals surface area contributed by atoms with Crippen LogP contribution in [0.2, 0.25) is 0 Å². The van der Waals surface area contributed by atoms with Crippen molar-refractivity contribution in [1.82, 2.24) is 0 Å². The summed E-state index contributed by atoms with van der Waals surface area (Å²) >= 11 is 0. The number of hydrogen-bond acceptors (Lipinski definition) is 4. The van der Waals surface area contributed by atoms with E-state index in [1.807, 2.05) is 18.2 Å². The van der Waals surface area contributed by atoms with Crippen LogP contribution < -0.4 is 14.4 Å². The molecule has 0 saturated carbocycles. The molecule has 3 rings (SSSR count). The molecule has 2 aromatic carbocycles. The molecule has 0 aromatic heterocycles. The Hall–Kier alpha value is -2.70. The van der Waals surface area contributed by atoms with E-state index in [0.717, 1.165) is 35.3 Å². The molecule has 144 valence electrons. The van der Waals surface area contributed by atoms with Gasteiger partial charge in [0, 0.05) is 31.1 Å². The van der Waals surface area contributed by atoms with Gasteiger partial charge in [0.15, 0.2) is 0 Å². The van der Waals surface area contributed by atoms with Crippen LogP contribution in [0.5, 0.6) is 11.5 Å². The van der Waals surface area contributed by atoms with Crippen molar-refractivity contribution >= 4 is 12.0 Å². The standard InChI is InChI=1S/C20H20F3NO3/c1-26-16-7-8-19-18(11-16)15(5-3-9-25)13-24(19)12-14-4-2-6-17(10-14)27-20(21,22)23/h2,4,6-11,15H,3,5,12-13H2,1H3. The smallest absolute Gasteiger partial charge is 0.497 e. The maximum Gasteiger partial charge on any atom is 0.573 e. The van der Waals surface area contributed by atoms with Crippen molar-refractivity contribution < 1.29 is 27.4 Å². The van der Waals surface area contributed by atoms with Crippen LogP contribution in [-0.2, 0) is 11.3 Å². The molecule has 2 aromatic rings. The number of aldehydes is 1. The molecule has 0 fully saturated rings. The number of anilines is 1. The van der Waals surface area contributed by atoms with E-state index in [4.69, 9.17) is 4.74 Å². The van der Waals surface area contributed by atoms with E-state index in [0.29, 0.717) is 19.5 Å². The molecule has 1 heterocycles. The minimum atomic E-state index is -4.71. The lowest BCUT2D eigenvalue weighted by atomic mass is 9.96. The van der Waals surface area contributed by atoms with Gasteiger partial charge in [-0.2, -0.15) is 0 Å². The van der Waals surface area contributed by atoms with E-state index in [2.05, 4.69) is 9.64 Å². The molecule has 0 radical (unpaired) electrons. The molecule has 4 nitrogen and oxygen atoms in total. The number of halogens is 3. The number of hydrogen-bond donors (Lipinski definition) is 0. The van der Waals surface area contributed by atoms with Crippen LogP contribution in [0, 0.1) is 0 Å². The average molecular weight is 379 g/mol. The van der Waals surface area contributed by atoms with E-state index < -0.39 is 6.36 Å². The fourth-order valence-electron chi connectivity index (χ4n) is 3.46. The van der Waals surface area contributed by atoms with Gasteiger partial charge >= 0.3 is 6.36 Å². The summed E-state index contributed by atoms with van der Waals surface area (Å²) in [4.78, 5) is 12.9. The van der Waals surface area contributed by atoms with Crippen LogP contribution in [0.3, 0.4) is 0 Å². The van der Waals surface area contributed by atoms with Crippen LogP contribution >= 0.6 is 0 Å². The zero-order valence-corrected chi connectivity index (χ0v) is 14.8. The first kappa shape index (κ1) is 19.1. The summed E-state index contributed by atoms with van der Waals surface area (Å²) in [6, 6.07) is 11.8. The lowest BCUT2D eigenvalue weighted by Crippen LogP contribution is -2.21. The van der Waals surface area contributed by atoms with Gasteiger partial charge in [-0.3, -0.25) is 0 Å². The second-order valence-corrected chi connectivity index (χ2v) is 6.44. The topological polar surface area (TPSA) is 38.8 Å². The number of alkyl halides is 3. The van der Waals surface area contributed by atoms with Gasteiger partial charge in [-0.15, -0.1) is 13.2 Å². The van der Waals surface area contributed by atoms with E-state index in [-0.39, 0.29) is 11.7 Å². The Bertz CT molecular complexity index is 807. The van der Waals surface area contributed by atoms with Gasteiger partial charge < -0.3 is 19.2 Å². The van der Waals surface area contributed by atoms with Gasteiger partial charge in [0.1, 0.15) is 17.8 Å². The summed E-state index contributed by atoms with van der Waals surface area (Å²) in [5.41, 5.74) is 2.82. The highest BCUT2D eigenvalue weighted by molar-refractivity contribution is 5.63. The third-order valence-corrected chi connectivity index (χ3v) is 4.59. The van der Waals surface area contributed by atoms with Gasteiger partial charge in [-0.05, 0) is 47.9 Å². The van der Waals surface area contributed by atoms with Gasteiger partial charge in [0.2, 0.25) is 0 Å². The summed E-state index contributed by atoms with van der Waals surface area (Å²) in [7, 11) is 1.60. The number of methoxy groups -OCH3 is 1. The molecule has 0 saturated heterocycles. The zero-order chi connectivity index (χ0) is 19.4. The first-order valence-electron chi connectivity index (χ1n) is 8.61. The number of carbonyl (C=O) groups excluding carboxylic acids is 1. The zero-order valence-electron chi connectivity index (χ0n) is 14.8. The van der Waals surface area contributed by atoms with Crippen molar-refractivity contribution in [3.05, 3.63) is 53.6 Å². The lowest BCUT2D eigenvalue weighted by Gasteiger charge is -2.21. The fourth-order valence-corrected chi connectivity index (χ4v) is 3.46. The Morgan fingerprint density at radius 3 is 2.70 bits per heavy atom. The van der Waals surface area contributed by atoms with Gasteiger partial charge in [-0.25, -0.2) is 0 Å². The molecular weight excluding hydrogens is 359 g/mol. The third kappa shape index (κ3) is 4.72. The highest BCUT2D eigenvalue weighted by Crippen LogP contribution is 2.41. The molecule has 0 aliphatic carbocycles. The van der Waals surface area contributed by atoms with Crippen molar-refractivity contribution in [2.75, 3.05) is 18.6 Å². The Labute approximate surface area is 155 Å². The first-order chi connectivity index (χ1) is 12.9. The highest BCUT2D eigenvalue weighted by atomic mass is 19.4. The molecule has 0 spiro atoms. The predicted octanol–water partition coefficient (Wildman–Crippen LogP) is 4.68. The second kappa shape index (κ2) is 7.90. The number of nitrogens with zero attached hydrogens (tertiary/aromatic N) is 1. The SMILES string of the molecule is COc1ccc2c(c1)C(CCC=O)CN2Cc1cccc(OC(F)(F)F)c1. The maximum atomic E-state index is 12.4. The minimum Gasteiger partial charge on any atom is -0.497 e. The van der Waals surface area contributed by atoms with E-state index >= 15 is 0 Å². The van der Waals surface area contributed by atoms with Crippen molar-refractivity contribution in [3.8, 4) is 11.5 Å². The Morgan fingerprint density at radius 1 is 1.19 bits per heavy atom. The minimum absolute atomic E-state index is 0.176. The van der Waals surface area contributed by atoms with Gasteiger partial charge in [0.05, 0.1) is 7.11 Å². The molecule has 27 heavy (non-hydrogen) atoms. The Balaban J connectivity index is 1.82.